The molecule has 6 heteroatoms. The first-order valence-corrected chi connectivity index (χ1v) is 13.7. The van der Waals surface area contributed by atoms with E-state index in [9.17, 15) is 9.59 Å². The molecule has 0 atom stereocenters. The largest absolute Gasteiger partial charge is 0.285 e. The van der Waals surface area contributed by atoms with E-state index in [1.54, 1.807) is 0 Å². The van der Waals surface area contributed by atoms with Crippen LogP contribution < -0.4 is 5.43 Å². The summed E-state index contributed by atoms with van der Waals surface area (Å²) in [6.07, 6.45) is 8.63. The maximum absolute atomic E-state index is 13.6. The van der Waals surface area contributed by atoms with E-state index in [2.05, 4.69) is 35.8 Å². The Morgan fingerprint density at radius 1 is 0.943 bits per heavy atom. The fourth-order valence-corrected chi connectivity index (χ4v) is 8.67. The van der Waals surface area contributed by atoms with Crippen LogP contribution in [0.5, 0.6) is 0 Å². The fraction of sp³-hybridized carbons (Fsp3) is 0.345. The molecule has 2 amide bonds. The number of benzene rings is 3. The average molecular weight is 499 g/mol. The third-order valence-electron chi connectivity index (χ3n) is 8.62. The van der Waals surface area contributed by atoms with Crippen LogP contribution in [0, 0.1) is 23.2 Å². The molecule has 5 aliphatic rings. The Morgan fingerprint density at radius 2 is 1.49 bits per heavy atom. The predicted octanol–water partition coefficient (Wildman–Crippen LogP) is 6.44. The summed E-state index contributed by atoms with van der Waals surface area (Å²) in [6.45, 7) is 0. The van der Waals surface area contributed by atoms with Crippen molar-refractivity contribution >= 4 is 67.7 Å². The summed E-state index contributed by atoms with van der Waals surface area (Å²) in [6, 6.07) is 18.6. The second kappa shape index (κ2) is 7.90. The highest BCUT2D eigenvalue weighted by Crippen LogP contribution is 2.60. The van der Waals surface area contributed by atoms with Gasteiger partial charge in [-0.3, -0.25) is 15.0 Å². The smallest absolute Gasteiger partial charge is 0.273 e. The lowest BCUT2D eigenvalue weighted by Gasteiger charge is -2.55. The van der Waals surface area contributed by atoms with Gasteiger partial charge in [0.25, 0.3) is 5.91 Å². The van der Waals surface area contributed by atoms with Gasteiger partial charge in [-0.15, -0.1) is 0 Å². The number of amides is 2. The zero-order valence-corrected chi connectivity index (χ0v) is 21.0. The molecule has 176 valence electrons. The summed E-state index contributed by atoms with van der Waals surface area (Å²) in [5.74, 6) is 1.74. The predicted molar refractivity (Wildman–Crippen MR) is 145 cm³/mol. The van der Waals surface area contributed by atoms with Crippen molar-refractivity contribution in [1.29, 1.82) is 0 Å². The second-order valence-electron chi connectivity index (χ2n) is 10.9. The molecule has 3 aromatic carbocycles. The van der Waals surface area contributed by atoms with Crippen molar-refractivity contribution in [1.82, 2.24) is 10.4 Å². The van der Waals surface area contributed by atoms with Gasteiger partial charge in [-0.25, -0.2) is 0 Å². The number of thioether (sulfide) groups is 1. The molecule has 4 nitrogen and oxygen atoms in total. The van der Waals surface area contributed by atoms with E-state index in [-0.39, 0.29) is 17.2 Å². The average Bonchev–Trinajstić information content (AvgIpc) is 3.10. The molecule has 35 heavy (non-hydrogen) atoms. The van der Waals surface area contributed by atoms with E-state index < -0.39 is 0 Å². The summed E-state index contributed by atoms with van der Waals surface area (Å²) in [7, 11) is 0. The van der Waals surface area contributed by atoms with Gasteiger partial charge in [0, 0.05) is 0 Å². The number of fused-ring (bicyclic) bond motifs is 2. The SMILES string of the molecule is O=C1/C(=C\c2c3ccccc3cc3ccccc23)SC(=S)N1NC(=O)C12CC3CC(CC(C3)C1)C2. The number of nitrogens with one attached hydrogen (secondary N) is 1. The Labute approximate surface area is 214 Å². The lowest BCUT2D eigenvalue weighted by molar-refractivity contribution is -0.152. The van der Waals surface area contributed by atoms with Gasteiger partial charge in [0.05, 0.1) is 10.3 Å². The highest BCUT2D eigenvalue weighted by molar-refractivity contribution is 8.26. The molecule has 5 fully saturated rings. The molecule has 0 spiro atoms. The van der Waals surface area contributed by atoms with Crippen LogP contribution in [-0.2, 0) is 9.59 Å². The number of nitrogens with zero attached hydrogens (tertiary/aromatic N) is 1. The van der Waals surface area contributed by atoms with E-state index in [1.165, 1.54) is 36.0 Å². The first kappa shape index (κ1) is 21.6. The molecule has 4 saturated carbocycles. The van der Waals surface area contributed by atoms with Crippen molar-refractivity contribution in [3.05, 3.63) is 65.1 Å². The molecule has 0 unspecified atom stereocenters. The molecule has 0 aromatic heterocycles. The first-order valence-electron chi connectivity index (χ1n) is 12.5. The van der Waals surface area contributed by atoms with Crippen LogP contribution in [-0.4, -0.2) is 21.1 Å². The molecule has 1 N–H and O–H groups in total. The minimum absolute atomic E-state index is 0.00948. The van der Waals surface area contributed by atoms with Crippen LogP contribution in [0.1, 0.15) is 44.1 Å². The van der Waals surface area contributed by atoms with E-state index in [4.69, 9.17) is 12.2 Å². The highest BCUT2D eigenvalue weighted by Gasteiger charge is 2.55. The number of hydrazine groups is 1. The number of hydrogen-bond donors (Lipinski definition) is 1. The second-order valence-corrected chi connectivity index (χ2v) is 12.6. The number of carbonyl (C=O) groups excluding carboxylic acids is 2. The minimum Gasteiger partial charge on any atom is -0.273 e. The van der Waals surface area contributed by atoms with Crippen molar-refractivity contribution in [2.75, 3.05) is 0 Å². The molecule has 8 rings (SSSR count). The maximum atomic E-state index is 13.6. The molecule has 4 bridgehead atoms. The third kappa shape index (κ3) is 3.45. The Balaban J connectivity index is 1.21. The molecule has 1 saturated heterocycles. The van der Waals surface area contributed by atoms with Crippen molar-refractivity contribution < 1.29 is 9.59 Å². The summed E-state index contributed by atoms with van der Waals surface area (Å²) < 4.78 is 0.392. The molecular weight excluding hydrogens is 472 g/mol. The summed E-state index contributed by atoms with van der Waals surface area (Å²) in [4.78, 5) is 27.6. The quantitative estimate of drug-likeness (QED) is 0.256. The van der Waals surface area contributed by atoms with Crippen molar-refractivity contribution in [3.63, 3.8) is 0 Å². The lowest BCUT2D eigenvalue weighted by atomic mass is 9.49. The van der Waals surface area contributed by atoms with E-state index in [1.807, 2.05) is 30.3 Å². The number of carbonyl (C=O) groups is 2. The van der Waals surface area contributed by atoms with Gasteiger partial charge in [-0.05, 0) is 108 Å². The topological polar surface area (TPSA) is 49.4 Å². The van der Waals surface area contributed by atoms with Crippen LogP contribution in [0.4, 0.5) is 0 Å². The van der Waals surface area contributed by atoms with E-state index in [0.717, 1.165) is 46.4 Å². The van der Waals surface area contributed by atoms with Crippen LogP contribution in [0.3, 0.4) is 0 Å². The van der Waals surface area contributed by atoms with Gasteiger partial charge >= 0.3 is 0 Å². The number of thiocarbonyl (C=S) groups is 1. The van der Waals surface area contributed by atoms with Crippen LogP contribution in [0.2, 0.25) is 0 Å². The van der Waals surface area contributed by atoms with Crippen molar-refractivity contribution in [2.45, 2.75) is 38.5 Å². The molecule has 4 aliphatic carbocycles. The van der Waals surface area contributed by atoms with Crippen molar-refractivity contribution in [2.24, 2.45) is 23.2 Å². The normalized spacial score (nSPS) is 30.7. The van der Waals surface area contributed by atoms with Gasteiger partial charge in [-0.2, -0.15) is 5.01 Å². The van der Waals surface area contributed by atoms with Crippen LogP contribution >= 0.6 is 24.0 Å². The Bertz CT molecular complexity index is 1370. The third-order valence-corrected chi connectivity index (χ3v) is 9.92. The molecule has 1 aliphatic heterocycles. The van der Waals surface area contributed by atoms with Crippen LogP contribution in [0.15, 0.2) is 59.5 Å². The molecular formula is C29H26N2O2S2. The molecule has 1 heterocycles. The van der Waals surface area contributed by atoms with Gasteiger partial charge in [-0.1, -0.05) is 60.3 Å². The van der Waals surface area contributed by atoms with Gasteiger partial charge in [0.1, 0.15) is 0 Å². The first-order chi connectivity index (χ1) is 17.0. The number of hydrogen-bond acceptors (Lipinski definition) is 4. The Morgan fingerprint density at radius 3 is 2.06 bits per heavy atom. The Kier molecular flexibility index (Phi) is 4.87. The minimum atomic E-state index is -0.326. The maximum Gasteiger partial charge on any atom is 0.285 e. The highest BCUT2D eigenvalue weighted by atomic mass is 32.2. The Hall–Kier alpha value is -2.70. The van der Waals surface area contributed by atoms with E-state index in [0.29, 0.717) is 27.0 Å². The number of rotatable bonds is 3. The summed E-state index contributed by atoms with van der Waals surface area (Å²) >= 11 is 6.84. The molecule has 0 radical (unpaired) electrons. The van der Waals surface area contributed by atoms with Crippen molar-refractivity contribution in [3.8, 4) is 0 Å². The monoisotopic (exact) mass is 498 g/mol. The summed E-state index contributed by atoms with van der Waals surface area (Å²) in [5, 5.41) is 5.76. The summed E-state index contributed by atoms with van der Waals surface area (Å²) in [5.41, 5.74) is 3.65. The lowest BCUT2D eigenvalue weighted by Crippen LogP contribution is -2.57. The van der Waals surface area contributed by atoms with E-state index >= 15 is 0 Å². The van der Waals surface area contributed by atoms with Gasteiger partial charge < -0.3 is 0 Å². The van der Waals surface area contributed by atoms with Gasteiger partial charge in [0.2, 0.25) is 5.91 Å². The van der Waals surface area contributed by atoms with Crippen LogP contribution in [0.25, 0.3) is 27.6 Å². The molecule has 3 aromatic rings. The zero-order chi connectivity index (χ0) is 23.7. The zero-order valence-electron chi connectivity index (χ0n) is 19.3. The fourth-order valence-electron chi connectivity index (χ4n) is 7.51. The van der Waals surface area contributed by atoms with Gasteiger partial charge in [0.15, 0.2) is 4.32 Å². The standard InChI is InChI=1S/C29H26N2O2S2/c32-26-25(13-24-22-7-3-1-5-20(22)12-21-6-2-4-8-23(21)24)35-28(34)31(26)30-27(33)29-14-17-9-18(15-29)11-19(10-17)16-29/h1-8,12-13,17-19H,9-11,14-16H2,(H,30,33)/b25-13+.